The summed E-state index contributed by atoms with van der Waals surface area (Å²) in [7, 11) is 0. The summed E-state index contributed by atoms with van der Waals surface area (Å²) >= 11 is 0. The summed E-state index contributed by atoms with van der Waals surface area (Å²) < 4.78 is 29.7. The van der Waals surface area contributed by atoms with Crippen LogP contribution in [0.3, 0.4) is 0 Å². The zero-order chi connectivity index (χ0) is 18.8. The molecule has 0 bridgehead atoms. The molecule has 27 heavy (non-hydrogen) atoms. The fraction of sp³-hybridized carbons (Fsp3) is 0.200. The van der Waals surface area contributed by atoms with Crippen molar-refractivity contribution < 1.29 is 23.2 Å². The van der Waals surface area contributed by atoms with E-state index in [0.717, 1.165) is 17.2 Å². The largest absolute Gasteiger partial charge is 0.466 e. The average Bonchev–Trinajstić information content (AvgIpc) is 3.06. The molecule has 7 heteroatoms. The number of carbonyl (C=O) groups excluding carboxylic acids is 1. The van der Waals surface area contributed by atoms with E-state index in [1.54, 1.807) is 6.92 Å². The maximum atomic E-state index is 13.9. The Morgan fingerprint density at radius 3 is 2.89 bits per heavy atom. The lowest BCUT2D eigenvalue weighted by Crippen LogP contribution is -2.25. The number of benzene rings is 2. The molecule has 2 aromatic carbocycles. The van der Waals surface area contributed by atoms with Crippen molar-refractivity contribution in [1.29, 1.82) is 0 Å². The molecule has 1 amide bonds. The van der Waals surface area contributed by atoms with Crippen molar-refractivity contribution in [3.63, 3.8) is 0 Å². The lowest BCUT2D eigenvalue weighted by atomic mass is 10.1. The van der Waals surface area contributed by atoms with Gasteiger partial charge in [-0.05, 0) is 19.1 Å². The third-order valence-corrected chi connectivity index (χ3v) is 4.38. The number of nitrogens with one attached hydrogen (secondary N) is 1. The predicted octanol–water partition coefficient (Wildman–Crippen LogP) is 3.59. The molecule has 1 aliphatic rings. The van der Waals surface area contributed by atoms with E-state index in [-0.39, 0.29) is 25.5 Å². The van der Waals surface area contributed by atoms with Crippen LogP contribution in [-0.2, 0) is 17.9 Å². The van der Waals surface area contributed by atoms with Crippen LogP contribution in [0.1, 0.15) is 27.2 Å². The number of rotatable bonds is 4. The number of aryl methyl sites for hydroxylation is 1. The van der Waals surface area contributed by atoms with Gasteiger partial charge in [0.1, 0.15) is 23.0 Å². The lowest BCUT2D eigenvalue weighted by molar-refractivity contribution is -0.0170. The molecule has 2 heterocycles. The summed E-state index contributed by atoms with van der Waals surface area (Å²) in [6.45, 7) is 2.21. The fourth-order valence-electron chi connectivity index (χ4n) is 3.03. The molecule has 1 N–H and O–H groups in total. The first-order valence-corrected chi connectivity index (χ1v) is 8.45. The molecule has 138 valence electrons. The zero-order valence-corrected chi connectivity index (χ0v) is 14.6. The molecule has 1 aliphatic heterocycles. The molecule has 4 rings (SSSR count). The Bertz CT molecular complexity index is 985. The number of hydrogen-bond donors (Lipinski definition) is 1. The van der Waals surface area contributed by atoms with Crippen LogP contribution in [0.5, 0.6) is 5.75 Å². The first-order valence-electron chi connectivity index (χ1n) is 8.45. The first-order chi connectivity index (χ1) is 13.1. The molecule has 0 fully saturated rings. The van der Waals surface area contributed by atoms with Gasteiger partial charge in [-0.1, -0.05) is 35.5 Å². The molecule has 6 nitrogen and oxygen atoms in total. The number of aromatic nitrogens is 1. The quantitative estimate of drug-likeness (QED) is 0.762. The summed E-state index contributed by atoms with van der Waals surface area (Å²) in [5.74, 6) is 0.0111. The Morgan fingerprint density at radius 1 is 1.26 bits per heavy atom. The Labute approximate surface area is 154 Å². The molecule has 0 unspecified atom stereocenters. The van der Waals surface area contributed by atoms with Crippen LogP contribution in [0.25, 0.3) is 11.3 Å². The van der Waals surface area contributed by atoms with Gasteiger partial charge in [0.15, 0.2) is 6.79 Å². The van der Waals surface area contributed by atoms with E-state index in [1.165, 1.54) is 6.07 Å². The predicted molar refractivity (Wildman–Crippen MR) is 94.5 cm³/mol. The fourth-order valence-corrected chi connectivity index (χ4v) is 3.03. The Hall–Kier alpha value is -3.19. The Kier molecular flexibility index (Phi) is 4.60. The van der Waals surface area contributed by atoms with Gasteiger partial charge in [-0.15, -0.1) is 0 Å². The van der Waals surface area contributed by atoms with E-state index >= 15 is 0 Å². The molecule has 0 atom stereocenters. The van der Waals surface area contributed by atoms with Gasteiger partial charge in [0.25, 0.3) is 5.91 Å². The number of halogens is 1. The van der Waals surface area contributed by atoms with Crippen molar-refractivity contribution in [1.82, 2.24) is 10.5 Å². The van der Waals surface area contributed by atoms with Gasteiger partial charge in [0.05, 0.1) is 12.2 Å². The van der Waals surface area contributed by atoms with Crippen LogP contribution >= 0.6 is 0 Å². The first kappa shape index (κ1) is 17.2. The van der Waals surface area contributed by atoms with Crippen LogP contribution < -0.4 is 10.1 Å². The topological polar surface area (TPSA) is 73.6 Å². The maximum absolute atomic E-state index is 13.9. The van der Waals surface area contributed by atoms with E-state index in [9.17, 15) is 9.18 Å². The van der Waals surface area contributed by atoms with Crippen LogP contribution in [0, 0.1) is 12.7 Å². The zero-order valence-electron chi connectivity index (χ0n) is 14.6. The molecule has 0 aliphatic carbocycles. The van der Waals surface area contributed by atoms with Crippen molar-refractivity contribution in [2.24, 2.45) is 0 Å². The monoisotopic (exact) mass is 368 g/mol. The molecule has 0 saturated carbocycles. The highest BCUT2D eigenvalue weighted by Crippen LogP contribution is 2.30. The van der Waals surface area contributed by atoms with E-state index in [1.807, 2.05) is 30.3 Å². The maximum Gasteiger partial charge on any atom is 0.255 e. The van der Waals surface area contributed by atoms with Crippen molar-refractivity contribution in [3.8, 4) is 17.0 Å². The minimum atomic E-state index is -0.515. The number of nitrogens with zero attached hydrogens (tertiary/aromatic N) is 1. The third kappa shape index (κ3) is 3.41. The molecule has 0 radical (unpaired) electrons. The summed E-state index contributed by atoms with van der Waals surface area (Å²) in [6.07, 6.45) is 0. The number of hydrogen-bond acceptors (Lipinski definition) is 5. The normalized spacial score (nSPS) is 13.0. The van der Waals surface area contributed by atoms with Gasteiger partial charge >= 0.3 is 0 Å². The van der Waals surface area contributed by atoms with E-state index in [4.69, 9.17) is 14.0 Å². The molecule has 0 spiro atoms. The SMILES string of the molecule is Cc1onc(-c2ccccc2)c1CNC(=O)c1cc(F)cc2c1OCOC2. The summed E-state index contributed by atoms with van der Waals surface area (Å²) in [6, 6.07) is 12.0. The second-order valence-corrected chi connectivity index (χ2v) is 6.17. The van der Waals surface area contributed by atoms with Crippen LogP contribution in [0.2, 0.25) is 0 Å². The van der Waals surface area contributed by atoms with Crippen molar-refractivity contribution in [3.05, 3.63) is 70.7 Å². The van der Waals surface area contributed by atoms with Crippen molar-refractivity contribution in [2.75, 3.05) is 6.79 Å². The van der Waals surface area contributed by atoms with Crippen LogP contribution in [0.4, 0.5) is 4.39 Å². The van der Waals surface area contributed by atoms with Crippen LogP contribution in [0.15, 0.2) is 47.0 Å². The van der Waals surface area contributed by atoms with Gasteiger partial charge in [0, 0.05) is 23.2 Å². The minimum absolute atomic E-state index is 0.0296. The lowest BCUT2D eigenvalue weighted by Gasteiger charge is -2.20. The standard InChI is InChI=1S/C20H17FN2O4/c1-12-17(18(23-27-12)13-5-3-2-4-6-13)9-22-20(24)16-8-15(21)7-14-10-25-11-26-19(14)16/h2-8H,9-11H2,1H3,(H,22,24). The smallest absolute Gasteiger partial charge is 0.255 e. The molecule has 1 aromatic heterocycles. The molecular weight excluding hydrogens is 351 g/mol. The van der Waals surface area contributed by atoms with Gasteiger partial charge < -0.3 is 19.3 Å². The highest BCUT2D eigenvalue weighted by atomic mass is 19.1. The number of carbonyl (C=O) groups is 1. The van der Waals surface area contributed by atoms with E-state index < -0.39 is 11.7 Å². The Balaban J connectivity index is 1.58. The van der Waals surface area contributed by atoms with Gasteiger partial charge in [-0.2, -0.15) is 0 Å². The van der Waals surface area contributed by atoms with Crippen LogP contribution in [-0.4, -0.2) is 17.9 Å². The second-order valence-electron chi connectivity index (χ2n) is 6.17. The van der Waals surface area contributed by atoms with E-state index in [2.05, 4.69) is 10.5 Å². The number of amides is 1. The molecule has 3 aromatic rings. The Morgan fingerprint density at radius 2 is 2.07 bits per heavy atom. The van der Waals surface area contributed by atoms with Gasteiger partial charge in [-0.3, -0.25) is 4.79 Å². The highest BCUT2D eigenvalue weighted by Gasteiger charge is 2.22. The van der Waals surface area contributed by atoms with Crippen molar-refractivity contribution in [2.45, 2.75) is 20.1 Å². The van der Waals surface area contributed by atoms with Gasteiger partial charge in [-0.25, -0.2) is 4.39 Å². The summed E-state index contributed by atoms with van der Waals surface area (Å²) in [4.78, 5) is 12.7. The molecule has 0 saturated heterocycles. The summed E-state index contributed by atoms with van der Waals surface area (Å²) in [5, 5.41) is 6.90. The third-order valence-electron chi connectivity index (χ3n) is 4.38. The molecular formula is C20H17FN2O4. The summed E-state index contributed by atoms with van der Waals surface area (Å²) in [5.41, 5.74) is 2.98. The highest BCUT2D eigenvalue weighted by molar-refractivity contribution is 5.97. The second kappa shape index (κ2) is 7.20. The van der Waals surface area contributed by atoms with Gasteiger partial charge in [0.2, 0.25) is 0 Å². The minimum Gasteiger partial charge on any atom is -0.466 e. The number of ether oxygens (including phenoxy) is 2. The average molecular weight is 368 g/mol. The number of fused-ring (bicyclic) bond motifs is 1. The van der Waals surface area contributed by atoms with E-state index in [0.29, 0.717) is 22.8 Å². The van der Waals surface area contributed by atoms with Crippen molar-refractivity contribution >= 4 is 5.91 Å².